The van der Waals surface area contributed by atoms with Crippen LogP contribution in [0, 0.1) is 0 Å². The van der Waals surface area contributed by atoms with Crippen LogP contribution in [-0.2, 0) is 0 Å². The second kappa shape index (κ2) is 4.01. The highest BCUT2D eigenvalue weighted by atomic mass is 35.6. The number of hydrogen-bond acceptors (Lipinski definition) is 0. The van der Waals surface area contributed by atoms with E-state index < -0.39 is 14.8 Å². The minimum atomic E-state index is -1.77. The molecule has 1 aromatic rings. The lowest BCUT2D eigenvalue weighted by atomic mass is 10.4. The SMILES string of the molecule is C[Si](C)(Cl)c1ccccc1[Si](C)(C)Cl. The maximum absolute atomic E-state index is 6.47. The molecule has 14 heavy (non-hydrogen) atoms. The van der Waals surface area contributed by atoms with Crippen LogP contribution < -0.4 is 10.4 Å². The van der Waals surface area contributed by atoms with Gasteiger partial charge in [-0.1, -0.05) is 50.5 Å². The average Bonchev–Trinajstić information content (AvgIpc) is 2.01. The fourth-order valence-corrected chi connectivity index (χ4v) is 7.29. The van der Waals surface area contributed by atoms with E-state index >= 15 is 0 Å². The second-order valence-electron chi connectivity index (χ2n) is 4.49. The van der Waals surface area contributed by atoms with Crippen molar-refractivity contribution in [3.8, 4) is 0 Å². The molecule has 0 unspecified atom stereocenters. The molecular weight excluding hydrogens is 247 g/mol. The van der Waals surface area contributed by atoms with E-state index in [1.54, 1.807) is 0 Å². The number of hydrogen-bond donors (Lipinski definition) is 0. The molecule has 0 heterocycles. The van der Waals surface area contributed by atoms with E-state index in [0.717, 1.165) is 0 Å². The fraction of sp³-hybridized carbons (Fsp3) is 0.400. The Bertz CT molecular complexity index is 291. The Hall–Kier alpha value is 0.234. The van der Waals surface area contributed by atoms with Crippen LogP contribution in [0.3, 0.4) is 0 Å². The van der Waals surface area contributed by atoms with Crippen LogP contribution in [0.1, 0.15) is 0 Å². The number of rotatable bonds is 2. The molecule has 0 aliphatic heterocycles. The van der Waals surface area contributed by atoms with Gasteiger partial charge in [-0.25, -0.2) is 0 Å². The zero-order valence-electron chi connectivity index (χ0n) is 9.07. The summed E-state index contributed by atoms with van der Waals surface area (Å²) >= 11 is 12.9. The van der Waals surface area contributed by atoms with Crippen molar-refractivity contribution in [3.05, 3.63) is 24.3 Å². The lowest BCUT2D eigenvalue weighted by molar-refractivity contribution is 1.75. The van der Waals surface area contributed by atoms with E-state index in [1.807, 2.05) is 12.1 Å². The third-order valence-corrected chi connectivity index (χ3v) is 7.11. The lowest BCUT2D eigenvalue weighted by Gasteiger charge is -2.24. The molecule has 0 aliphatic rings. The molecule has 4 heteroatoms. The summed E-state index contributed by atoms with van der Waals surface area (Å²) in [5, 5.41) is 2.60. The Balaban J connectivity index is 3.31. The molecule has 78 valence electrons. The molecule has 0 saturated carbocycles. The molecule has 0 fully saturated rings. The molecule has 0 N–H and O–H groups in total. The summed E-state index contributed by atoms with van der Waals surface area (Å²) in [4.78, 5) is 0. The van der Waals surface area contributed by atoms with Crippen molar-refractivity contribution in [1.29, 1.82) is 0 Å². The van der Waals surface area contributed by atoms with E-state index in [4.69, 9.17) is 22.2 Å². The van der Waals surface area contributed by atoms with Crippen LogP contribution in [-0.4, -0.2) is 14.8 Å². The first-order valence-electron chi connectivity index (χ1n) is 4.71. The molecule has 0 bridgehead atoms. The highest BCUT2D eigenvalue weighted by molar-refractivity contribution is 7.32. The number of halogens is 2. The molecule has 0 atom stereocenters. The zero-order valence-corrected chi connectivity index (χ0v) is 12.6. The molecule has 0 radical (unpaired) electrons. The first kappa shape index (κ1) is 12.3. The summed E-state index contributed by atoms with van der Waals surface area (Å²) in [6, 6.07) is 8.36. The lowest BCUT2D eigenvalue weighted by Crippen LogP contribution is -2.54. The van der Waals surface area contributed by atoms with Gasteiger partial charge in [0.15, 0.2) is 14.8 Å². The van der Waals surface area contributed by atoms with Gasteiger partial charge in [0.05, 0.1) is 0 Å². The predicted octanol–water partition coefficient (Wildman–Crippen LogP) is 2.99. The van der Waals surface area contributed by atoms with Crippen LogP contribution in [0.15, 0.2) is 24.3 Å². The van der Waals surface area contributed by atoms with Crippen LogP contribution in [0.2, 0.25) is 26.2 Å². The van der Waals surface area contributed by atoms with Crippen molar-refractivity contribution in [1.82, 2.24) is 0 Å². The molecule has 0 amide bonds. The second-order valence-corrected chi connectivity index (χ2v) is 17.1. The highest BCUT2D eigenvalue weighted by Gasteiger charge is 2.30. The third-order valence-electron chi connectivity index (χ3n) is 2.21. The fourth-order valence-electron chi connectivity index (χ4n) is 1.52. The average molecular weight is 263 g/mol. The van der Waals surface area contributed by atoms with E-state index in [0.29, 0.717) is 0 Å². The summed E-state index contributed by atoms with van der Waals surface area (Å²) in [5.41, 5.74) is 0. The minimum Gasteiger partial charge on any atom is -0.162 e. The molecule has 0 aromatic heterocycles. The van der Waals surface area contributed by atoms with E-state index in [-0.39, 0.29) is 0 Å². The van der Waals surface area contributed by atoms with Gasteiger partial charge >= 0.3 is 0 Å². The van der Waals surface area contributed by atoms with Gasteiger partial charge < -0.3 is 0 Å². The van der Waals surface area contributed by atoms with Crippen molar-refractivity contribution in [2.75, 3.05) is 0 Å². The summed E-state index contributed by atoms with van der Waals surface area (Å²) in [6.45, 7) is 8.57. The van der Waals surface area contributed by atoms with Gasteiger partial charge in [-0.3, -0.25) is 0 Å². The van der Waals surface area contributed by atoms with E-state index in [2.05, 4.69) is 38.3 Å². The maximum atomic E-state index is 6.47. The van der Waals surface area contributed by atoms with Crippen LogP contribution in [0.25, 0.3) is 0 Å². The Morgan fingerprint density at radius 3 is 1.29 bits per heavy atom. The standard InChI is InChI=1S/C10H16Cl2Si2/c1-13(2,11)9-7-5-6-8-10(9)14(3,4)12/h5-8H,1-4H3. The van der Waals surface area contributed by atoms with Crippen molar-refractivity contribution in [2.24, 2.45) is 0 Å². The normalized spacial score (nSPS) is 13.0. The Morgan fingerprint density at radius 1 is 0.786 bits per heavy atom. The first-order chi connectivity index (χ1) is 6.23. The van der Waals surface area contributed by atoms with Crippen molar-refractivity contribution >= 4 is 47.3 Å². The monoisotopic (exact) mass is 262 g/mol. The third kappa shape index (κ3) is 2.86. The number of benzene rings is 1. The molecular formula is C10H16Cl2Si2. The van der Waals surface area contributed by atoms with Gasteiger partial charge in [-0.2, -0.15) is 22.2 Å². The van der Waals surface area contributed by atoms with Crippen molar-refractivity contribution in [2.45, 2.75) is 26.2 Å². The zero-order chi connectivity index (χ0) is 11.0. The maximum Gasteiger partial charge on any atom is 0.180 e. The summed E-state index contributed by atoms with van der Waals surface area (Å²) < 4.78 is 0. The van der Waals surface area contributed by atoms with Gasteiger partial charge in [0, 0.05) is 0 Å². The molecule has 0 spiro atoms. The molecule has 0 nitrogen and oxygen atoms in total. The quantitative estimate of drug-likeness (QED) is 0.568. The topological polar surface area (TPSA) is 0 Å². The Morgan fingerprint density at radius 2 is 1.07 bits per heavy atom. The van der Waals surface area contributed by atoms with Crippen molar-refractivity contribution < 1.29 is 0 Å². The largest absolute Gasteiger partial charge is 0.180 e. The molecule has 1 rings (SSSR count). The van der Waals surface area contributed by atoms with Gasteiger partial charge in [0.25, 0.3) is 0 Å². The first-order valence-corrected chi connectivity index (χ1v) is 12.7. The minimum absolute atomic E-state index is 1.30. The Kier molecular flexibility index (Phi) is 3.52. The van der Waals surface area contributed by atoms with Crippen molar-refractivity contribution in [3.63, 3.8) is 0 Å². The predicted molar refractivity (Wildman–Crippen MR) is 72.4 cm³/mol. The van der Waals surface area contributed by atoms with Crippen LogP contribution in [0.4, 0.5) is 0 Å². The van der Waals surface area contributed by atoms with Gasteiger partial charge in [0.1, 0.15) is 0 Å². The molecule has 1 aromatic carbocycles. The van der Waals surface area contributed by atoms with Crippen LogP contribution in [0.5, 0.6) is 0 Å². The van der Waals surface area contributed by atoms with Gasteiger partial charge in [0.2, 0.25) is 0 Å². The highest BCUT2D eigenvalue weighted by Crippen LogP contribution is 2.12. The van der Waals surface area contributed by atoms with Crippen LogP contribution >= 0.6 is 22.2 Å². The van der Waals surface area contributed by atoms with Gasteiger partial charge in [-0.15, -0.1) is 0 Å². The molecule has 0 saturated heterocycles. The van der Waals surface area contributed by atoms with E-state index in [1.165, 1.54) is 10.4 Å². The van der Waals surface area contributed by atoms with E-state index in [9.17, 15) is 0 Å². The smallest absolute Gasteiger partial charge is 0.162 e. The Labute approximate surface area is 97.7 Å². The van der Waals surface area contributed by atoms with Gasteiger partial charge in [-0.05, 0) is 10.4 Å². The summed E-state index contributed by atoms with van der Waals surface area (Å²) in [6.07, 6.45) is 0. The summed E-state index contributed by atoms with van der Waals surface area (Å²) in [5.74, 6) is 0. The summed E-state index contributed by atoms with van der Waals surface area (Å²) in [7, 11) is -3.53. The molecule has 0 aliphatic carbocycles.